The van der Waals surface area contributed by atoms with Gasteiger partial charge in [-0.05, 0) is 25.6 Å². The van der Waals surface area contributed by atoms with Gasteiger partial charge in [-0.2, -0.15) is 4.98 Å². The fourth-order valence-electron chi connectivity index (χ4n) is 1.88. The van der Waals surface area contributed by atoms with E-state index in [0.717, 1.165) is 26.1 Å². The normalized spacial score (nSPS) is 10.8. The predicted octanol–water partition coefficient (Wildman–Crippen LogP) is 1.32. The van der Waals surface area contributed by atoms with Gasteiger partial charge in [0.15, 0.2) is 0 Å². The molecule has 0 amide bonds. The van der Waals surface area contributed by atoms with E-state index in [1.165, 1.54) is 5.56 Å². The Labute approximate surface area is 113 Å². The Bertz CT molecular complexity index is 481. The lowest BCUT2D eigenvalue weighted by atomic mass is 10.2. The standard InChI is InChI=1S/C13H20N6/c1-19(10-11-6-3-2-4-7-11)9-5-8-15-13-16-12(14)17-18-13/h2-4,6-7H,5,8-10H2,1H3,(H4,14,15,16,17,18). The van der Waals surface area contributed by atoms with Gasteiger partial charge in [0.2, 0.25) is 11.9 Å². The molecule has 1 heterocycles. The molecule has 6 heteroatoms. The molecule has 102 valence electrons. The van der Waals surface area contributed by atoms with Gasteiger partial charge >= 0.3 is 0 Å². The van der Waals surface area contributed by atoms with Gasteiger partial charge in [0.25, 0.3) is 0 Å². The molecule has 0 fully saturated rings. The van der Waals surface area contributed by atoms with E-state index >= 15 is 0 Å². The molecule has 0 aliphatic carbocycles. The number of H-pyrrole nitrogens is 1. The van der Waals surface area contributed by atoms with Crippen molar-refractivity contribution in [3.8, 4) is 0 Å². The molecule has 1 aromatic heterocycles. The number of nitrogens with zero attached hydrogens (tertiary/aromatic N) is 3. The fourth-order valence-corrected chi connectivity index (χ4v) is 1.88. The molecular formula is C13H20N6. The van der Waals surface area contributed by atoms with Crippen molar-refractivity contribution in [3.05, 3.63) is 35.9 Å². The summed E-state index contributed by atoms with van der Waals surface area (Å²) in [6, 6.07) is 10.5. The highest BCUT2D eigenvalue weighted by Crippen LogP contribution is 2.03. The summed E-state index contributed by atoms with van der Waals surface area (Å²) < 4.78 is 0. The molecule has 0 aliphatic rings. The molecule has 2 aromatic rings. The molecule has 2 rings (SSSR count). The molecule has 19 heavy (non-hydrogen) atoms. The minimum absolute atomic E-state index is 0.337. The number of benzene rings is 1. The van der Waals surface area contributed by atoms with E-state index in [0.29, 0.717) is 11.9 Å². The number of hydrogen-bond acceptors (Lipinski definition) is 5. The number of nitrogens with two attached hydrogens (primary N) is 1. The molecule has 4 N–H and O–H groups in total. The molecule has 6 nitrogen and oxygen atoms in total. The van der Waals surface area contributed by atoms with E-state index in [-0.39, 0.29) is 0 Å². The smallest absolute Gasteiger partial charge is 0.243 e. The summed E-state index contributed by atoms with van der Waals surface area (Å²) in [4.78, 5) is 6.28. The van der Waals surface area contributed by atoms with Crippen molar-refractivity contribution in [1.82, 2.24) is 20.1 Å². The Morgan fingerprint density at radius 3 is 2.79 bits per heavy atom. The average Bonchev–Trinajstić information content (AvgIpc) is 2.82. The molecule has 0 unspecified atom stereocenters. The summed E-state index contributed by atoms with van der Waals surface area (Å²) in [5.41, 5.74) is 6.77. The first-order valence-electron chi connectivity index (χ1n) is 6.38. The van der Waals surface area contributed by atoms with Crippen LogP contribution in [-0.4, -0.2) is 40.2 Å². The van der Waals surface area contributed by atoms with Crippen molar-refractivity contribution in [1.29, 1.82) is 0 Å². The number of nitrogen functional groups attached to an aromatic ring is 1. The summed E-state index contributed by atoms with van der Waals surface area (Å²) >= 11 is 0. The zero-order chi connectivity index (χ0) is 13.5. The first-order chi connectivity index (χ1) is 9.24. The Kier molecular flexibility index (Phi) is 4.74. The van der Waals surface area contributed by atoms with Gasteiger partial charge in [-0.25, -0.2) is 5.10 Å². The van der Waals surface area contributed by atoms with E-state index < -0.39 is 0 Å². The molecule has 1 aromatic carbocycles. The maximum absolute atomic E-state index is 5.44. The van der Waals surface area contributed by atoms with Crippen LogP contribution < -0.4 is 11.1 Å². The Balaban J connectivity index is 1.63. The quantitative estimate of drug-likeness (QED) is 0.654. The van der Waals surface area contributed by atoms with Crippen molar-refractivity contribution in [2.75, 3.05) is 31.2 Å². The second-order valence-corrected chi connectivity index (χ2v) is 4.55. The number of nitrogens with one attached hydrogen (secondary N) is 2. The summed E-state index contributed by atoms with van der Waals surface area (Å²) in [7, 11) is 2.12. The lowest BCUT2D eigenvalue weighted by molar-refractivity contribution is 0.325. The number of rotatable bonds is 7. The van der Waals surface area contributed by atoms with Gasteiger partial charge in [-0.15, -0.1) is 5.10 Å². The van der Waals surface area contributed by atoms with Gasteiger partial charge in [0.1, 0.15) is 0 Å². The van der Waals surface area contributed by atoms with E-state index in [1.807, 2.05) is 6.07 Å². The monoisotopic (exact) mass is 260 g/mol. The molecule has 0 radical (unpaired) electrons. The number of hydrogen-bond donors (Lipinski definition) is 3. The number of anilines is 2. The first kappa shape index (κ1) is 13.4. The average molecular weight is 260 g/mol. The summed E-state index contributed by atoms with van der Waals surface area (Å²) in [5.74, 6) is 0.895. The van der Waals surface area contributed by atoms with Crippen LogP contribution in [0.2, 0.25) is 0 Å². The molecule has 0 bridgehead atoms. The van der Waals surface area contributed by atoms with E-state index in [9.17, 15) is 0 Å². The van der Waals surface area contributed by atoms with Crippen LogP contribution in [-0.2, 0) is 6.54 Å². The first-order valence-corrected chi connectivity index (χ1v) is 6.38. The lowest BCUT2D eigenvalue weighted by Gasteiger charge is -2.16. The van der Waals surface area contributed by atoms with Crippen LogP contribution in [0.1, 0.15) is 12.0 Å². The highest BCUT2D eigenvalue weighted by molar-refractivity contribution is 5.29. The van der Waals surface area contributed by atoms with Gasteiger partial charge in [-0.3, -0.25) is 0 Å². The second kappa shape index (κ2) is 6.75. The minimum Gasteiger partial charge on any atom is -0.368 e. The maximum Gasteiger partial charge on any atom is 0.243 e. The van der Waals surface area contributed by atoms with Crippen LogP contribution in [0.3, 0.4) is 0 Å². The maximum atomic E-state index is 5.44. The Morgan fingerprint density at radius 2 is 2.11 bits per heavy atom. The molecule has 0 saturated heterocycles. The summed E-state index contributed by atoms with van der Waals surface area (Å²) in [6.45, 7) is 2.81. The van der Waals surface area contributed by atoms with Crippen molar-refractivity contribution in [3.63, 3.8) is 0 Å². The van der Waals surface area contributed by atoms with Crippen LogP contribution in [0, 0.1) is 0 Å². The van der Waals surface area contributed by atoms with Crippen LogP contribution >= 0.6 is 0 Å². The van der Waals surface area contributed by atoms with Gasteiger partial charge in [-0.1, -0.05) is 30.3 Å². The lowest BCUT2D eigenvalue weighted by Crippen LogP contribution is -2.21. The minimum atomic E-state index is 0.337. The highest BCUT2D eigenvalue weighted by Gasteiger charge is 2.01. The SMILES string of the molecule is CN(CCCNc1n[nH]c(N)n1)Cc1ccccc1. The van der Waals surface area contributed by atoms with Crippen molar-refractivity contribution >= 4 is 11.9 Å². The summed E-state index contributed by atoms with van der Waals surface area (Å²) in [6.07, 6.45) is 1.03. The Hall–Kier alpha value is -2.08. The summed E-state index contributed by atoms with van der Waals surface area (Å²) in [5, 5.41) is 9.63. The van der Waals surface area contributed by atoms with Crippen LogP contribution in [0.25, 0.3) is 0 Å². The second-order valence-electron chi connectivity index (χ2n) is 4.55. The Morgan fingerprint density at radius 1 is 1.32 bits per heavy atom. The van der Waals surface area contributed by atoms with E-state index in [1.54, 1.807) is 0 Å². The molecule has 0 saturated carbocycles. The van der Waals surface area contributed by atoms with E-state index in [4.69, 9.17) is 5.73 Å². The molecule has 0 atom stereocenters. The van der Waals surface area contributed by atoms with Gasteiger partial charge < -0.3 is 16.0 Å². The zero-order valence-electron chi connectivity index (χ0n) is 11.1. The van der Waals surface area contributed by atoms with Crippen molar-refractivity contribution in [2.24, 2.45) is 0 Å². The van der Waals surface area contributed by atoms with Crippen LogP contribution in [0.15, 0.2) is 30.3 Å². The number of aromatic nitrogens is 3. The third-order valence-electron chi connectivity index (χ3n) is 2.80. The predicted molar refractivity (Wildman–Crippen MR) is 76.7 cm³/mol. The van der Waals surface area contributed by atoms with Gasteiger partial charge in [0.05, 0.1) is 0 Å². The highest BCUT2D eigenvalue weighted by atomic mass is 15.3. The largest absolute Gasteiger partial charge is 0.368 e. The van der Waals surface area contributed by atoms with Crippen molar-refractivity contribution in [2.45, 2.75) is 13.0 Å². The topological polar surface area (TPSA) is 82.9 Å². The van der Waals surface area contributed by atoms with Crippen LogP contribution in [0.4, 0.5) is 11.9 Å². The van der Waals surface area contributed by atoms with Gasteiger partial charge in [0, 0.05) is 13.1 Å². The third-order valence-corrected chi connectivity index (χ3v) is 2.80. The zero-order valence-corrected chi connectivity index (χ0v) is 11.1. The molecular weight excluding hydrogens is 240 g/mol. The van der Waals surface area contributed by atoms with E-state index in [2.05, 4.69) is 56.7 Å². The third kappa shape index (κ3) is 4.59. The van der Waals surface area contributed by atoms with Crippen LogP contribution in [0.5, 0.6) is 0 Å². The molecule has 0 aliphatic heterocycles. The number of aromatic amines is 1. The molecule has 0 spiro atoms. The van der Waals surface area contributed by atoms with Crippen molar-refractivity contribution < 1.29 is 0 Å². The fraction of sp³-hybridized carbons (Fsp3) is 0.385.